The smallest absolute Gasteiger partial charge is 0.165 e. The van der Waals surface area contributed by atoms with Gasteiger partial charge in [0.05, 0.1) is 5.69 Å². The number of hydrogen-bond acceptors (Lipinski definition) is 4. The molecule has 0 spiro atoms. The molecule has 0 aliphatic heterocycles. The fraction of sp³-hybridized carbons (Fsp3) is 0.143. The van der Waals surface area contributed by atoms with Gasteiger partial charge in [-0.25, -0.2) is 4.52 Å². The first-order valence-corrected chi connectivity index (χ1v) is 4.24. The fourth-order valence-corrected chi connectivity index (χ4v) is 2.00. The van der Waals surface area contributed by atoms with Crippen LogP contribution in [0.15, 0.2) is 5.38 Å². The molecule has 2 N–H and O–H groups in total. The zero-order valence-corrected chi connectivity index (χ0v) is 7.22. The summed E-state index contributed by atoms with van der Waals surface area (Å²) in [5.74, 6) is 0.312. The first kappa shape index (κ1) is 7.13. The van der Waals surface area contributed by atoms with Crippen molar-refractivity contribution in [3.05, 3.63) is 16.6 Å². The van der Waals surface area contributed by atoms with E-state index in [0.29, 0.717) is 11.4 Å². The van der Waals surface area contributed by atoms with E-state index in [1.54, 1.807) is 4.52 Å². The highest BCUT2D eigenvalue weighted by atomic mass is 32.1. The third kappa shape index (κ3) is 0.726. The van der Waals surface area contributed by atoms with Gasteiger partial charge in [-0.2, -0.15) is 5.26 Å². The Morgan fingerprint density at radius 3 is 3.17 bits per heavy atom. The van der Waals surface area contributed by atoms with Crippen LogP contribution in [0.5, 0.6) is 0 Å². The molecule has 0 saturated heterocycles. The Kier molecular flexibility index (Phi) is 1.32. The second kappa shape index (κ2) is 2.22. The number of nitrogen functional groups attached to an aromatic ring is 1. The molecule has 60 valence electrons. The quantitative estimate of drug-likeness (QED) is 0.658. The van der Waals surface area contributed by atoms with Crippen LogP contribution in [0, 0.1) is 18.3 Å². The van der Waals surface area contributed by atoms with Crippen molar-refractivity contribution in [3.63, 3.8) is 0 Å². The number of anilines is 1. The Morgan fingerprint density at radius 2 is 2.50 bits per heavy atom. The first-order chi connectivity index (χ1) is 5.74. The number of nitrogens with two attached hydrogens (primary N) is 1. The molecule has 2 heterocycles. The van der Waals surface area contributed by atoms with Crippen molar-refractivity contribution in [2.75, 3.05) is 5.73 Å². The lowest BCUT2D eigenvalue weighted by molar-refractivity contribution is 0.939. The predicted molar refractivity (Wildman–Crippen MR) is 46.9 cm³/mol. The van der Waals surface area contributed by atoms with Crippen molar-refractivity contribution in [2.45, 2.75) is 6.92 Å². The molecule has 0 bridgehead atoms. The minimum Gasteiger partial charge on any atom is -0.381 e. The lowest BCUT2D eigenvalue weighted by Crippen LogP contribution is -1.90. The number of nitrogens with zero attached hydrogens (tertiary/aromatic N) is 3. The Morgan fingerprint density at radius 1 is 1.75 bits per heavy atom. The third-order valence-electron chi connectivity index (χ3n) is 1.66. The summed E-state index contributed by atoms with van der Waals surface area (Å²) in [4.78, 5) is 0.826. The molecule has 5 heteroatoms. The van der Waals surface area contributed by atoms with Gasteiger partial charge in [0.15, 0.2) is 5.82 Å². The summed E-state index contributed by atoms with van der Waals surface area (Å²) in [6.45, 7) is 1.93. The van der Waals surface area contributed by atoms with Crippen LogP contribution < -0.4 is 5.73 Å². The molecule has 12 heavy (non-hydrogen) atoms. The summed E-state index contributed by atoms with van der Waals surface area (Å²) in [5.41, 5.74) is 7.01. The average molecular weight is 178 g/mol. The lowest BCUT2D eigenvalue weighted by Gasteiger charge is -1.83. The SMILES string of the molecule is Cc1csc2c(C#N)c(N)nn12. The van der Waals surface area contributed by atoms with Gasteiger partial charge in [0.2, 0.25) is 0 Å². The van der Waals surface area contributed by atoms with Crippen molar-refractivity contribution < 1.29 is 0 Å². The van der Waals surface area contributed by atoms with E-state index in [-0.39, 0.29) is 0 Å². The van der Waals surface area contributed by atoms with Crippen LogP contribution in [0.1, 0.15) is 11.3 Å². The molecule has 2 aromatic heterocycles. The second-order valence-corrected chi connectivity index (χ2v) is 3.32. The number of aryl methyl sites for hydroxylation is 1. The molecule has 0 amide bonds. The van der Waals surface area contributed by atoms with Crippen LogP contribution in [-0.4, -0.2) is 9.61 Å². The summed E-state index contributed by atoms with van der Waals surface area (Å²) in [5, 5.41) is 14.7. The van der Waals surface area contributed by atoms with E-state index < -0.39 is 0 Å². The standard InChI is InChI=1S/C7H6N4S/c1-4-3-12-7-5(2-8)6(9)10-11(4)7/h3H,1H3,(H2,9,10). The van der Waals surface area contributed by atoms with Gasteiger partial charge >= 0.3 is 0 Å². The highest BCUT2D eigenvalue weighted by molar-refractivity contribution is 7.16. The molecule has 0 aromatic carbocycles. The molecule has 0 saturated carbocycles. The van der Waals surface area contributed by atoms with Gasteiger partial charge in [-0.15, -0.1) is 16.4 Å². The van der Waals surface area contributed by atoms with Gasteiger partial charge < -0.3 is 5.73 Å². The third-order valence-corrected chi connectivity index (χ3v) is 2.72. The molecule has 2 aromatic rings. The Labute approximate surface area is 72.8 Å². The lowest BCUT2D eigenvalue weighted by atomic mass is 10.4. The molecule has 0 radical (unpaired) electrons. The second-order valence-electron chi connectivity index (χ2n) is 2.47. The van der Waals surface area contributed by atoms with Crippen molar-refractivity contribution in [1.82, 2.24) is 9.61 Å². The van der Waals surface area contributed by atoms with Crippen LogP contribution in [0.4, 0.5) is 5.82 Å². The van der Waals surface area contributed by atoms with Gasteiger partial charge in [0, 0.05) is 5.38 Å². The molecule has 0 atom stereocenters. The molecule has 2 rings (SSSR count). The van der Waals surface area contributed by atoms with E-state index >= 15 is 0 Å². The van der Waals surface area contributed by atoms with E-state index in [2.05, 4.69) is 5.10 Å². The van der Waals surface area contributed by atoms with Crippen molar-refractivity contribution in [1.29, 1.82) is 5.26 Å². The number of fused-ring (bicyclic) bond motifs is 1. The molecule has 0 unspecified atom stereocenters. The maximum Gasteiger partial charge on any atom is 0.165 e. The molecular weight excluding hydrogens is 172 g/mol. The normalized spacial score (nSPS) is 10.3. The van der Waals surface area contributed by atoms with Crippen LogP contribution in [0.3, 0.4) is 0 Å². The zero-order chi connectivity index (χ0) is 8.72. The van der Waals surface area contributed by atoms with Gasteiger partial charge in [0.1, 0.15) is 16.5 Å². The van der Waals surface area contributed by atoms with Crippen LogP contribution >= 0.6 is 11.3 Å². The Hall–Kier alpha value is -1.54. The largest absolute Gasteiger partial charge is 0.381 e. The van der Waals surface area contributed by atoms with Crippen LogP contribution in [0.2, 0.25) is 0 Å². The van der Waals surface area contributed by atoms with E-state index in [1.807, 2.05) is 18.4 Å². The minimum atomic E-state index is 0.312. The molecular formula is C7H6N4S. The summed E-state index contributed by atoms with van der Waals surface area (Å²) in [6, 6.07) is 2.03. The summed E-state index contributed by atoms with van der Waals surface area (Å²) in [6.07, 6.45) is 0. The topological polar surface area (TPSA) is 67.1 Å². The zero-order valence-electron chi connectivity index (χ0n) is 6.40. The van der Waals surface area contributed by atoms with Gasteiger partial charge in [-0.3, -0.25) is 0 Å². The van der Waals surface area contributed by atoms with Crippen molar-refractivity contribution in [2.24, 2.45) is 0 Å². The van der Waals surface area contributed by atoms with Gasteiger partial charge in [-0.1, -0.05) is 0 Å². The number of aromatic nitrogens is 2. The first-order valence-electron chi connectivity index (χ1n) is 3.36. The molecule has 0 aliphatic rings. The van der Waals surface area contributed by atoms with Crippen LogP contribution in [0.25, 0.3) is 4.83 Å². The predicted octanol–water partition coefficient (Wildman–Crippen LogP) is 1.16. The van der Waals surface area contributed by atoms with Gasteiger partial charge in [-0.05, 0) is 6.92 Å². The Bertz CT molecular complexity index is 473. The van der Waals surface area contributed by atoms with Crippen molar-refractivity contribution >= 4 is 22.0 Å². The van der Waals surface area contributed by atoms with E-state index in [1.165, 1.54) is 11.3 Å². The van der Waals surface area contributed by atoms with E-state index in [4.69, 9.17) is 11.0 Å². The maximum absolute atomic E-state index is 8.74. The molecule has 0 aliphatic carbocycles. The monoisotopic (exact) mass is 178 g/mol. The highest BCUT2D eigenvalue weighted by Crippen LogP contribution is 2.23. The summed E-state index contributed by atoms with van der Waals surface area (Å²) < 4.78 is 1.69. The molecule has 0 fully saturated rings. The fourth-order valence-electron chi connectivity index (χ4n) is 1.06. The van der Waals surface area contributed by atoms with Gasteiger partial charge in [0.25, 0.3) is 0 Å². The summed E-state index contributed by atoms with van der Waals surface area (Å²) >= 11 is 1.48. The summed E-state index contributed by atoms with van der Waals surface area (Å²) in [7, 11) is 0. The Balaban J connectivity index is 2.94. The maximum atomic E-state index is 8.74. The van der Waals surface area contributed by atoms with E-state index in [9.17, 15) is 0 Å². The number of hydrogen-bond donors (Lipinski definition) is 1. The van der Waals surface area contributed by atoms with Crippen LogP contribution in [-0.2, 0) is 0 Å². The highest BCUT2D eigenvalue weighted by Gasteiger charge is 2.11. The van der Waals surface area contributed by atoms with Crippen molar-refractivity contribution in [3.8, 4) is 6.07 Å². The number of nitriles is 1. The number of rotatable bonds is 0. The average Bonchev–Trinajstić information content (AvgIpc) is 2.52. The van der Waals surface area contributed by atoms with E-state index in [0.717, 1.165) is 10.5 Å². The minimum absolute atomic E-state index is 0.312. The molecule has 4 nitrogen and oxygen atoms in total. The number of thiazole rings is 1.